The monoisotopic (exact) mass is 308 g/mol. The lowest BCUT2D eigenvalue weighted by Gasteiger charge is -2.16. The number of anilines is 1. The largest absolute Gasteiger partial charge is 0.418 e. The van der Waals surface area contributed by atoms with Crippen LogP contribution in [-0.2, 0) is 6.18 Å². The molecule has 0 aliphatic heterocycles. The number of unbranched alkanes of at least 4 members (excludes halogenated alkanes) is 1. The number of nitrogens with two attached hydrogens (primary N) is 1. The summed E-state index contributed by atoms with van der Waals surface area (Å²) < 4.78 is 38.7. The van der Waals surface area contributed by atoms with Crippen LogP contribution >= 0.6 is 11.6 Å². The minimum Gasteiger partial charge on any atom is -0.323 e. The van der Waals surface area contributed by atoms with Crippen molar-refractivity contribution >= 4 is 23.2 Å². The standard InChI is InChI=1S/C12H16ClF3N4/c1-2-3-7-18-11(20-17)19-10-8(12(14,15)16)5-4-6-9(10)13/h4-6H,2-3,7,17H2,1H3,(H2,18,19,20). The molecule has 0 atom stereocenters. The molecule has 0 aromatic heterocycles. The van der Waals surface area contributed by atoms with Gasteiger partial charge in [0.25, 0.3) is 0 Å². The maximum atomic E-state index is 12.9. The molecule has 4 N–H and O–H groups in total. The number of para-hydroxylation sites is 1. The number of benzene rings is 1. The molecule has 0 heterocycles. The van der Waals surface area contributed by atoms with Crippen LogP contribution in [0.25, 0.3) is 0 Å². The molecular weight excluding hydrogens is 293 g/mol. The lowest BCUT2D eigenvalue weighted by atomic mass is 10.1. The molecule has 0 radical (unpaired) electrons. The number of hydrogen-bond acceptors (Lipinski definition) is 2. The first kappa shape index (κ1) is 16.6. The van der Waals surface area contributed by atoms with Gasteiger partial charge in [0.1, 0.15) is 0 Å². The van der Waals surface area contributed by atoms with E-state index in [9.17, 15) is 13.2 Å². The third kappa shape index (κ3) is 4.57. The highest BCUT2D eigenvalue weighted by molar-refractivity contribution is 6.34. The number of halogens is 4. The van der Waals surface area contributed by atoms with E-state index in [1.165, 1.54) is 12.1 Å². The van der Waals surface area contributed by atoms with E-state index < -0.39 is 11.7 Å². The van der Waals surface area contributed by atoms with E-state index in [0.717, 1.165) is 18.9 Å². The van der Waals surface area contributed by atoms with E-state index >= 15 is 0 Å². The van der Waals surface area contributed by atoms with Gasteiger partial charge >= 0.3 is 6.18 Å². The maximum Gasteiger partial charge on any atom is 0.418 e. The Morgan fingerprint density at radius 3 is 2.65 bits per heavy atom. The highest BCUT2D eigenvalue weighted by Crippen LogP contribution is 2.38. The number of alkyl halides is 3. The minimum absolute atomic E-state index is 0.0389. The predicted molar refractivity (Wildman–Crippen MR) is 74.6 cm³/mol. The predicted octanol–water partition coefficient (Wildman–Crippen LogP) is 3.39. The molecular formula is C12H16ClF3N4. The average molecular weight is 309 g/mol. The van der Waals surface area contributed by atoms with Crippen molar-refractivity contribution in [3.8, 4) is 0 Å². The van der Waals surface area contributed by atoms with Gasteiger partial charge in [0.15, 0.2) is 0 Å². The number of hydrazine groups is 1. The fourth-order valence-electron chi connectivity index (χ4n) is 1.48. The third-order valence-electron chi connectivity index (χ3n) is 2.48. The molecule has 1 aromatic carbocycles. The molecule has 112 valence electrons. The summed E-state index contributed by atoms with van der Waals surface area (Å²) in [6.45, 7) is 2.43. The Bertz CT molecular complexity index is 474. The summed E-state index contributed by atoms with van der Waals surface area (Å²) in [6, 6.07) is 3.54. The van der Waals surface area contributed by atoms with Crippen LogP contribution in [0, 0.1) is 0 Å². The first-order chi connectivity index (χ1) is 9.40. The van der Waals surface area contributed by atoms with Gasteiger partial charge in [-0.2, -0.15) is 13.2 Å². The van der Waals surface area contributed by atoms with Crippen LogP contribution in [0.1, 0.15) is 25.3 Å². The van der Waals surface area contributed by atoms with Gasteiger partial charge in [-0.1, -0.05) is 31.0 Å². The van der Waals surface area contributed by atoms with Crippen LogP contribution in [-0.4, -0.2) is 12.5 Å². The number of hydrogen-bond donors (Lipinski definition) is 3. The van der Waals surface area contributed by atoms with Gasteiger partial charge in [0.05, 0.1) is 16.3 Å². The quantitative estimate of drug-likeness (QED) is 0.263. The molecule has 0 saturated carbocycles. The normalized spacial score (nSPS) is 12.4. The van der Waals surface area contributed by atoms with Gasteiger partial charge in [0.2, 0.25) is 5.96 Å². The molecule has 0 bridgehead atoms. The zero-order chi connectivity index (χ0) is 15.2. The zero-order valence-corrected chi connectivity index (χ0v) is 11.6. The summed E-state index contributed by atoms with van der Waals surface area (Å²) in [6.07, 6.45) is -2.79. The van der Waals surface area contributed by atoms with Crippen LogP contribution in [0.3, 0.4) is 0 Å². The van der Waals surface area contributed by atoms with Crippen molar-refractivity contribution in [2.45, 2.75) is 25.9 Å². The lowest BCUT2D eigenvalue weighted by molar-refractivity contribution is -0.136. The van der Waals surface area contributed by atoms with Gasteiger partial charge in [-0.25, -0.2) is 5.84 Å². The van der Waals surface area contributed by atoms with E-state index in [-0.39, 0.29) is 16.7 Å². The summed E-state index contributed by atoms with van der Waals surface area (Å²) in [5, 5.41) is 2.44. The molecule has 8 heteroatoms. The summed E-state index contributed by atoms with van der Waals surface area (Å²) in [7, 11) is 0. The summed E-state index contributed by atoms with van der Waals surface area (Å²) in [5.41, 5.74) is 1.09. The first-order valence-electron chi connectivity index (χ1n) is 6.04. The molecule has 0 fully saturated rings. The summed E-state index contributed by atoms with van der Waals surface area (Å²) in [5.74, 6) is 5.28. The first-order valence-corrected chi connectivity index (χ1v) is 6.41. The van der Waals surface area contributed by atoms with E-state index in [2.05, 4.69) is 15.7 Å². The highest BCUT2D eigenvalue weighted by atomic mass is 35.5. The van der Waals surface area contributed by atoms with Crippen LogP contribution in [0.4, 0.5) is 18.9 Å². The molecule has 0 saturated heterocycles. The molecule has 1 aromatic rings. The smallest absolute Gasteiger partial charge is 0.323 e. The zero-order valence-electron chi connectivity index (χ0n) is 10.9. The van der Waals surface area contributed by atoms with Gasteiger partial charge in [-0.05, 0) is 18.6 Å². The minimum atomic E-state index is -4.52. The Morgan fingerprint density at radius 2 is 2.10 bits per heavy atom. The summed E-state index contributed by atoms with van der Waals surface area (Å²) in [4.78, 5) is 4.03. The fourth-order valence-corrected chi connectivity index (χ4v) is 1.70. The fraction of sp³-hybridized carbons (Fsp3) is 0.417. The average Bonchev–Trinajstić information content (AvgIpc) is 2.38. The molecule has 0 aliphatic carbocycles. The molecule has 1 rings (SSSR count). The van der Waals surface area contributed by atoms with Crippen molar-refractivity contribution in [2.24, 2.45) is 10.8 Å². The summed E-state index contributed by atoms with van der Waals surface area (Å²) >= 11 is 5.81. The molecule has 0 spiro atoms. The molecule has 0 amide bonds. The van der Waals surface area contributed by atoms with Crippen molar-refractivity contribution in [1.82, 2.24) is 5.43 Å². The number of nitrogens with zero attached hydrogens (tertiary/aromatic N) is 1. The Kier molecular flexibility index (Phi) is 6.09. The Balaban J connectivity index is 3.04. The second-order valence-electron chi connectivity index (χ2n) is 4.01. The molecule has 4 nitrogen and oxygen atoms in total. The van der Waals surface area contributed by atoms with Crippen LogP contribution in [0.2, 0.25) is 5.02 Å². The van der Waals surface area contributed by atoms with E-state index in [4.69, 9.17) is 17.4 Å². The Hall–Kier alpha value is -1.47. The number of nitrogens with one attached hydrogen (secondary N) is 2. The SMILES string of the molecule is CCCCN=C(NN)Nc1c(Cl)cccc1C(F)(F)F. The second-order valence-corrected chi connectivity index (χ2v) is 4.42. The maximum absolute atomic E-state index is 12.9. The van der Waals surface area contributed by atoms with Crippen molar-refractivity contribution in [1.29, 1.82) is 0 Å². The van der Waals surface area contributed by atoms with Crippen molar-refractivity contribution < 1.29 is 13.2 Å². The van der Waals surface area contributed by atoms with Gasteiger partial charge in [-0.15, -0.1) is 0 Å². The number of rotatable bonds is 4. The van der Waals surface area contributed by atoms with Gasteiger partial charge in [-0.3, -0.25) is 10.4 Å². The molecule has 20 heavy (non-hydrogen) atoms. The van der Waals surface area contributed by atoms with E-state index in [1.807, 2.05) is 6.92 Å². The topological polar surface area (TPSA) is 62.4 Å². The number of guanidine groups is 1. The lowest BCUT2D eigenvalue weighted by Crippen LogP contribution is -2.37. The van der Waals surface area contributed by atoms with Crippen molar-refractivity contribution in [3.05, 3.63) is 28.8 Å². The third-order valence-corrected chi connectivity index (χ3v) is 2.80. The van der Waals surface area contributed by atoms with Gasteiger partial charge in [0, 0.05) is 6.54 Å². The molecule has 0 unspecified atom stereocenters. The van der Waals surface area contributed by atoms with Crippen LogP contribution in [0.5, 0.6) is 0 Å². The van der Waals surface area contributed by atoms with Crippen LogP contribution in [0.15, 0.2) is 23.2 Å². The van der Waals surface area contributed by atoms with Gasteiger partial charge < -0.3 is 5.32 Å². The van der Waals surface area contributed by atoms with Crippen molar-refractivity contribution in [3.63, 3.8) is 0 Å². The molecule has 0 aliphatic rings. The Morgan fingerprint density at radius 1 is 1.40 bits per heavy atom. The van der Waals surface area contributed by atoms with E-state index in [0.29, 0.717) is 6.54 Å². The number of aliphatic imine (C=N–C) groups is 1. The second kappa shape index (κ2) is 7.35. The Labute approximate surface area is 120 Å². The highest BCUT2D eigenvalue weighted by Gasteiger charge is 2.34. The van der Waals surface area contributed by atoms with E-state index in [1.54, 1.807) is 0 Å². The van der Waals surface area contributed by atoms with Crippen molar-refractivity contribution in [2.75, 3.05) is 11.9 Å². The van der Waals surface area contributed by atoms with Crippen LogP contribution < -0.4 is 16.6 Å².